The molecule has 0 aliphatic carbocycles. The molecule has 24 heavy (non-hydrogen) atoms. The number of amides is 2. The molecule has 124 valence electrons. The average Bonchev–Trinajstić information content (AvgIpc) is 2.78. The predicted octanol–water partition coefficient (Wildman–Crippen LogP) is 3.49. The number of halogens is 1. The lowest BCUT2D eigenvalue weighted by atomic mass is 10.1. The van der Waals surface area contributed by atoms with Gasteiger partial charge in [-0.15, -0.1) is 0 Å². The molecule has 4 nitrogen and oxygen atoms in total. The van der Waals surface area contributed by atoms with Crippen molar-refractivity contribution in [1.82, 2.24) is 0 Å². The summed E-state index contributed by atoms with van der Waals surface area (Å²) in [5.41, 5.74) is 3.58. The Bertz CT molecular complexity index is 832. The van der Waals surface area contributed by atoms with Crippen LogP contribution in [0, 0.1) is 26.6 Å². The Labute approximate surface area is 140 Å². The van der Waals surface area contributed by atoms with Crippen LogP contribution in [0.2, 0.25) is 0 Å². The fraction of sp³-hybridized carbons (Fsp3) is 0.263. The topological polar surface area (TPSA) is 49.4 Å². The molecule has 0 spiro atoms. The number of hydrogen-bond acceptors (Lipinski definition) is 3. The van der Waals surface area contributed by atoms with Crippen LogP contribution in [0.15, 0.2) is 36.4 Å². The summed E-state index contributed by atoms with van der Waals surface area (Å²) >= 11 is 0. The normalized spacial score (nSPS) is 17.5. The van der Waals surface area contributed by atoms with Gasteiger partial charge >= 0.3 is 0 Å². The minimum absolute atomic E-state index is 0.0572. The van der Waals surface area contributed by atoms with E-state index in [1.54, 1.807) is 25.1 Å². The van der Waals surface area contributed by atoms with Gasteiger partial charge in [-0.3, -0.25) is 9.59 Å². The highest BCUT2D eigenvalue weighted by Gasteiger charge is 2.40. The van der Waals surface area contributed by atoms with Gasteiger partial charge < -0.3 is 5.32 Å². The SMILES string of the molecule is Cc1ccc(N2C(=O)C[C@@H](Nc3ccc(C)c(F)c3)C2=O)c(C)c1. The number of nitrogens with zero attached hydrogens (tertiary/aromatic N) is 1. The fourth-order valence-corrected chi connectivity index (χ4v) is 2.94. The number of carbonyl (C=O) groups is 2. The van der Waals surface area contributed by atoms with Crippen molar-refractivity contribution >= 4 is 23.2 Å². The average molecular weight is 326 g/mol. The third kappa shape index (κ3) is 2.89. The van der Waals surface area contributed by atoms with Gasteiger partial charge in [0.2, 0.25) is 5.91 Å². The Hall–Kier alpha value is -2.69. The van der Waals surface area contributed by atoms with Crippen LogP contribution in [0.25, 0.3) is 0 Å². The van der Waals surface area contributed by atoms with Gasteiger partial charge in [-0.05, 0) is 50.1 Å². The first-order valence-electron chi connectivity index (χ1n) is 7.83. The number of rotatable bonds is 3. The second-order valence-corrected chi connectivity index (χ2v) is 6.22. The van der Waals surface area contributed by atoms with Gasteiger partial charge in [-0.2, -0.15) is 0 Å². The highest BCUT2D eigenvalue weighted by Crippen LogP contribution is 2.28. The number of benzene rings is 2. The molecule has 2 amide bonds. The monoisotopic (exact) mass is 326 g/mol. The minimum atomic E-state index is -0.680. The maximum Gasteiger partial charge on any atom is 0.256 e. The number of anilines is 2. The van der Waals surface area contributed by atoms with Crippen molar-refractivity contribution in [1.29, 1.82) is 0 Å². The van der Waals surface area contributed by atoms with E-state index in [0.717, 1.165) is 11.1 Å². The number of carbonyl (C=O) groups excluding carboxylic acids is 2. The molecule has 1 aliphatic heterocycles. The predicted molar refractivity (Wildman–Crippen MR) is 91.6 cm³/mol. The van der Waals surface area contributed by atoms with Gasteiger partial charge in [-0.1, -0.05) is 23.8 Å². The Balaban J connectivity index is 1.84. The number of nitrogens with one attached hydrogen (secondary N) is 1. The lowest BCUT2D eigenvalue weighted by Gasteiger charge is -2.18. The van der Waals surface area contributed by atoms with E-state index in [4.69, 9.17) is 0 Å². The molecule has 2 aromatic rings. The van der Waals surface area contributed by atoms with Crippen LogP contribution in [-0.2, 0) is 9.59 Å². The van der Waals surface area contributed by atoms with E-state index in [-0.39, 0.29) is 24.1 Å². The zero-order valence-corrected chi connectivity index (χ0v) is 13.9. The van der Waals surface area contributed by atoms with Gasteiger partial charge in [0.1, 0.15) is 11.9 Å². The van der Waals surface area contributed by atoms with E-state index in [0.29, 0.717) is 16.9 Å². The Kier molecular flexibility index (Phi) is 4.09. The van der Waals surface area contributed by atoms with E-state index >= 15 is 0 Å². The molecule has 2 aromatic carbocycles. The lowest BCUT2D eigenvalue weighted by molar-refractivity contribution is -0.121. The summed E-state index contributed by atoms with van der Waals surface area (Å²) in [5, 5.41) is 2.97. The molecule has 0 radical (unpaired) electrons. The molecule has 0 saturated carbocycles. The van der Waals surface area contributed by atoms with Crippen LogP contribution >= 0.6 is 0 Å². The first kappa shape index (κ1) is 16.2. The van der Waals surface area contributed by atoms with Crippen molar-refractivity contribution in [2.45, 2.75) is 33.2 Å². The zero-order valence-electron chi connectivity index (χ0n) is 13.9. The Morgan fingerprint density at radius 1 is 1.04 bits per heavy atom. The first-order valence-corrected chi connectivity index (χ1v) is 7.83. The van der Waals surface area contributed by atoms with Crippen LogP contribution in [0.4, 0.5) is 15.8 Å². The Morgan fingerprint density at radius 3 is 2.46 bits per heavy atom. The molecule has 5 heteroatoms. The summed E-state index contributed by atoms with van der Waals surface area (Å²) in [6.07, 6.45) is 0.0572. The van der Waals surface area contributed by atoms with Crippen LogP contribution in [0.5, 0.6) is 0 Å². The number of imide groups is 1. The molecule has 1 heterocycles. The minimum Gasteiger partial charge on any atom is -0.373 e. The lowest BCUT2D eigenvalue weighted by Crippen LogP contribution is -2.35. The smallest absolute Gasteiger partial charge is 0.256 e. The first-order chi connectivity index (χ1) is 11.4. The van der Waals surface area contributed by atoms with Crippen molar-refractivity contribution in [3.63, 3.8) is 0 Å². The quantitative estimate of drug-likeness (QED) is 0.878. The highest BCUT2D eigenvalue weighted by atomic mass is 19.1. The summed E-state index contributed by atoms with van der Waals surface area (Å²) in [5.74, 6) is -0.909. The Morgan fingerprint density at radius 2 is 1.79 bits per heavy atom. The molecule has 0 bridgehead atoms. The maximum absolute atomic E-state index is 13.7. The van der Waals surface area contributed by atoms with Gasteiger partial charge in [-0.25, -0.2) is 9.29 Å². The van der Waals surface area contributed by atoms with Crippen LogP contribution < -0.4 is 10.2 Å². The third-order valence-corrected chi connectivity index (χ3v) is 4.25. The van der Waals surface area contributed by atoms with Crippen LogP contribution in [0.3, 0.4) is 0 Å². The molecule has 1 saturated heterocycles. The van der Waals surface area contributed by atoms with E-state index in [2.05, 4.69) is 5.32 Å². The summed E-state index contributed by atoms with van der Waals surface area (Å²) in [7, 11) is 0. The van der Waals surface area contributed by atoms with Gasteiger partial charge in [0.15, 0.2) is 0 Å². The van der Waals surface area contributed by atoms with Crippen molar-refractivity contribution in [2.75, 3.05) is 10.2 Å². The van der Waals surface area contributed by atoms with E-state index in [9.17, 15) is 14.0 Å². The van der Waals surface area contributed by atoms with Crippen molar-refractivity contribution in [2.24, 2.45) is 0 Å². The molecular formula is C19H19FN2O2. The fourth-order valence-electron chi connectivity index (χ4n) is 2.94. The van der Waals surface area contributed by atoms with Gasteiger partial charge in [0.25, 0.3) is 5.91 Å². The maximum atomic E-state index is 13.7. The molecule has 0 aromatic heterocycles. The van der Waals surface area contributed by atoms with Crippen molar-refractivity contribution in [3.8, 4) is 0 Å². The summed E-state index contributed by atoms with van der Waals surface area (Å²) in [6.45, 7) is 5.50. The zero-order chi connectivity index (χ0) is 17.4. The largest absolute Gasteiger partial charge is 0.373 e. The molecule has 1 aliphatic rings. The second-order valence-electron chi connectivity index (χ2n) is 6.22. The van der Waals surface area contributed by atoms with Crippen molar-refractivity contribution in [3.05, 3.63) is 58.9 Å². The molecule has 1 atom stereocenters. The van der Waals surface area contributed by atoms with E-state index < -0.39 is 6.04 Å². The van der Waals surface area contributed by atoms with Gasteiger partial charge in [0.05, 0.1) is 12.1 Å². The summed E-state index contributed by atoms with van der Waals surface area (Å²) in [4.78, 5) is 26.2. The molecular weight excluding hydrogens is 307 g/mol. The standard InChI is InChI=1S/C19H19FN2O2/c1-11-4-7-17(13(3)8-11)22-18(23)10-16(19(22)24)21-14-6-5-12(2)15(20)9-14/h4-9,16,21H,10H2,1-3H3/t16-/m1/s1. The molecule has 1 fully saturated rings. The molecule has 3 rings (SSSR count). The molecule has 1 N–H and O–H groups in total. The highest BCUT2D eigenvalue weighted by molar-refractivity contribution is 6.23. The number of aryl methyl sites for hydroxylation is 3. The van der Waals surface area contributed by atoms with Gasteiger partial charge in [0, 0.05) is 5.69 Å². The summed E-state index contributed by atoms with van der Waals surface area (Å²) < 4.78 is 13.7. The van der Waals surface area contributed by atoms with Crippen LogP contribution in [-0.4, -0.2) is 17.9 Å². The van der Waals surface area contributed by atoms with E-state index in [1.165, 1.54) is 11.0 Å². The van der Waals surface area contributed by atoms with Crippen LogP contribution in [0.1, 0.15) is 23.1 Å². The number of hydrogen-bond donors (Lipinski definition) is 1. The third-order valence-electron chi connectivity index (χ3n) is 4.25. The second kappa shape index (κ2) is 6.07. The van der Waals surface area contributed by atoms with Crippen molar-refractivity contribution < 1.29 is 14.0 Å². The summed E-state index contributed by atoms with van der Waals surface area (Å²) in [6, 6.07) is 9.60. The van der Waals surface area contributed by atoms with E-state index in [1.807, 2.05) is 26.0 Å². The molecule has 0 unspecified atom stereocenters.